The third kappa shape index (κ3) is 4.20. The molecule has 32 heavy (non-hydrogen) atoms. The lowest BCUT2D eigenvalue weighted by atomic mass is 9.65. The van der Waals surface area contributed by atoms with Crippen molar-refractivity contribution in [2.24, 2.45) is 0 Å². The molecule has 1 unspecified atom stereocenters. The maximum atomic E-state index is 12.3. The van der Waals surface area contributed by atoms with Gasteiger partial charge in [0.25, 0.3) is 0 Å². The second kappa shape index (κ2) is 10.1. The van der Waals surface area contributed by atoms with Gasteiger partial charge in [0.2, 0.25) is 0 Å². The van der Waals surface area contributed by atoms with Gasteiger partial charge >= 0.3 is 5.97 Å². The fourth-order valence-corrected chi connectivity index (χ4v) is 4.27. The van der Waals surface area contributed by atoms with Crippen molar-refractivity contribution in [2.45, 2.75) is 18.4 Å². The lowest BCUT2D eigenvalue weighted by Crippen LogP contribution is -2.39. The molecule has 4 rings (SSSR count). The highest BCUT2D eigenvalue weighted by atomic mass is 16.6. The first-order chi connectivity index (χ1) is 15.8. The van der Waals surface area contributed by atoms with E-state index in [1.165, 1.54) is 0 Å². The highest BCUT2D eigenvalue weighted by Crippen LogP contribution is 2.49. The maximum Gasteiger partial charge on any atom is 0.332 e. The Morgan fingerprint density at radius 3 is 1.78 bits per heavy atom. The summed E-state index contributed by atoms with van der Waals surface area (Å²) >= 11 is 0. The number of nitrogens with one attached hydrogen (secondary N) is 1. The van der Waals surface area contributed by atoms with Gasteiger partial charge in [-0.15, -0.1) is 0 Å². The summed E-state index contributed by atoms with van der Waals surface area (Å²) in [6.07, 6.45) is 2.81. The van der Waals surface area contributed by atoms with Gasteiger partial charge < -0.3 is 14.5 Å². The third-order valence-corrected chi connectivity index (χ3v) is 5.56. The SMILES string of the molecule is CCOC(=O)COC(c1cnc[nH]1)C(c1ccccc1)(c1ccccc1)c1ccccc1. The quantitative estimate of drug-likeness (QED) is 0.300. The van der Waals surface area contributed by atoms with Gasteiger partial charge in [-0.1, -0.05) is 91.0 Å². The van der Waals surface area contributed by atoms with Crippen LogP contribution < -0.4 is 0 Å². The molecular formula is C27H26N2O3. The van der Waals surface area contributed by atoms with E-state index in [4.69, 9.17) is 9.47 Å². The number of carbonyl (C=O) groups excluding carboxylic acids is 1. The van der Waals surface area contributed by atoms with E-state index < -0.39 is 17.5 Å². The van der Waals surface area contributed by atoms with Crippen LogP contribution in [-0.2, 0) is 19.7 Å². The van der Waals surface area contributed by atoms with Gasteiger partial charge in [-0.25, -0.2) is 9.78 Å². The second-order valence-electron chi connectivity index (χ2n) is 7.41. The molecule has 5 heteroatoms. The van der Waals surface area contributed by atoms with Crippen LogP contribution in [0.2, 0.25) is 0 Å². The van der Waals surface area contributed by atoms with Crippen molar-refractivity contribution < 1.29 is 14.3 Å². The van der Waals surface area contributed by atoms with E-state index in [0.717, 1.165) is 22.4 Å². The van der Waals surface area contributed by atoms with Crippen LogP contribution in [0.25, 0.3) is 0 Å². The van der Waals surface area contributed by atoms with Gasteiger partial charge in [0.05, 0.1) is 30.2 Å². The number of rotatable bonds is 9. The Kier molecular flexibility index (Phi) is 6.78. The lowest BCUT2D eigenvalue weighted by molar-refractivity contribution is -0.151. The molecular weight excluding hydrogens is 400 g/mol. The minimum absolute atomic E-state index is 0.175. The fraction of sp³-hybridized carbons (Fsp3) is 0.185. The Bertz CT molecular complexity index is 1000. The van der Waals surface area contributed by atoms with E-state index in [1.54, 1.807) is 19.4 Å². The summed E-state index contributed by atoms with van der Waals surface area (Å²) in [5.74, 6) is -0.403. The Labute approximate surface area is 188 Å². The molecule has 0 aliphatic heterocycles. The number of benzene rings is 3. The molecule has 0 amide bonds. The van der Waals surface area contributed by atoms with Crippen LogP contribution in [0.15, 0.2) is 104 Å². The molecule has 0 radical (unpaired) electrons. The van der Waals surface area contributed by atoms with E-state index in [1.807, 2.05) is 54.6 Å². The molecule has 0 aliphatic carbocycles. The van der Waals surface area contributed by atoms with Crippen LogP contribution in [0, 0.1) is 0 Å². The molecule has 0 spiro atoms. The van der Waals surface area contributed by atoms with E-state index in [2.05, 4.69) is 46.4 Å². The van der Waals surface area contributed by atoms with Crippen LogP contribution in [0.3, 0.4) is 0 Å². The van der Waals surface area contributed by atoms with Crippen molar-refractivity contribution in [3.63, 3.8) is 0 Å². The van der Waals surface area contributed by atoms with Crippen LogP contribution in [-0.4, -0.2) is 29.2 Å². The Balaban J connectivity index is 1.98. The molecule has 1 heterocycles. The van der Waals surface area contributed by atoms with Crippen molar-refractivity contribution in [3.8, 4) is 0 Å². The lowest BCUT2D eigenvalue weighted by Gasteiger charge is -2.41. The zero-order valence-electron chi connectivity index (χ0n) is 18.0. The molecule has 0 fully saturated rings. The smallest absolute Gasteiger partial charge is 0.332 e. The summed E-state index contributed by atoms with van der Waals surface area (Å²) in [7, 11) is 0. The number of imidazole rings is 1. The van der Waals surface area contributed by atoms with Gasteiger partial charge in [0.1, 0.15) is 12.7 Å². The predicted octanol–water partition coefficient (Wildman–Crippen LogP) is 5.07. The number of esters is 1. The zero-order chi connectivity index (χ0) is 22.2. The van der Waals surface area contributed by atoms with E-state index >= 15 is 0 Å². The van der Waals surface area contributed by atoms with Crippen LogP contribution >= 0.6 is 0 Å². The summed E-state index contributed by atoms with van der Waals surface area (Å²) < 4.78 is 11.5. The minimum atomic E-state index is -0.747. The number of H-pyrrole nitrogens is 1. The minimum Gasteiger partial charge on any atom is -0.464 e. The molecule has 0 saturated carbocycles. The van der Waals surface area contributed by atoms with Crippen LogP contribution in [0.1, 0.15) is 35.4 Å². The molecule has 0 bridgehead atoms. The molecule has 1 aromatic heterocycles. The average Bonchev–Trinajstić information content (AvgIpc) is 3.38. The normalized spacial score (nSPS) is 12.3. The van der Waals surface area contributed by atoms with Gasteiger partial charge in [-0.05, 0) is 23.6 Å². The standard InChI is InChI=1S/C27H26N2O3/c1-2-31-25(30)19-32-26(24-18-28-20-29-24)27(21-12-6-3-7-13-21,22-14-8-4-9-15-22)23-16-10-5-11-17-23/h3-18,20,26H,2,19H2,1H3,(H,28,29). The number of aromatic amines is 1. The Hall–Kier alpha value is -3.70. The fourth-order valence-electron chi connectivity index (χ4n) is 4.27. The first kappa shape index (κ1) is 21.5. The summed E-state index contributed by atoms with van der Waals surface area (Å²) in [4.78, 5) is 19.7. The number of hydrogen-bond acceptors (Lipinski definition) is 4. The van der Waals surface area contributed by atoms with Crippen LogP contribution in [0.4, 0.5) is 0 Å². The van der Waals surface area contributed by atoms with Gasteiger partial charge in [-0.3, -0.25) is 0 Å². The highest BCUT2D eigenvalue weighted by Gasteiger charge is 2.46. The predicted molar refractivity (Wildman–Crippen MR) is 123 cm³/mol. The molecule has 1 atom stereocenters. The van der Waals surface area contributed by atoms with Crippen molar-refractivity contribution in [1.82, 2.24) is 9.97 Å². The number of carbonyl (C=O) groups is 1. The van der Waals surface area contributed by atoms with Crippen LogP contribution in [0.5, 0.6) is 0 Å². The monoisotopic (exact) mass is 426 g/mol. The van der Waals surface area contributed by atoms with Crippen molar-refractivity contribution in [2.75, 3.05) is 13.2 Å². The van der Waals surface area contributed by atoms with Gasteiger partial charge in [-0.2, -0.15) is 0 Å². The molecule has 5 nitrogen and oxygen atoms in total. The molecule has 3 aromatic carbocycles. The molecule has 0 saturated heterocycles. The Morgan fingerprint density at radius 2 is 1.38 bits per heavy atom. The number of nitrogens with zero attached hydrogens (tertiary/aromatic N) is 1. The third-order valence-electron chi connectivity index (χ3n) is 5.56. The molecule has 162 valence electrons. The highest BCUT2D eigenvalue weighted by molar-refractivity contribution is 5.70. The van der Waals surface area contributed by atoms with E-state index in [0.29, 0.717) is 6.61 Å². The number of aromatic nitrogens is 2. The van der Waals surface area contributed by atoms with E-state index in [-0.39, 0.29) is 6.61 Å². The van der Waals surface area contributed by atoms with E-state index in [9.17, 15) is 4.79 Å². The van der Waals surface area contributed by atoms with Gasteiger partial charge in [0, 0.05) is 0 Å². The number of ether oxygens (including phenoxy) is 2. The van der Waals surface area contributed by atoms with Crippen molar-refractivity contribution in [3.05, 3.63) is 126 Å². The Morgan fingerprint density at radius 1 is 0.875 bits per heavy atom. The first-order valence-electron chi connectivity index (χ1n) is 10.7. The second-order valence-corrected chi connectivity index (χ2v) is 7.41. The first-order valence-corrected chi connectivity index (χ1v) is 10.7. The molecule has 4 aromatic rings. The summed E-state index contributed by atoms with van der Waals surface area (Å²) in [5, 5.41) is 0. The van der Waals surface area contributed by atoms with Crippen molar-refractivity contribution in [1.29, 1.82) is 0 Å². The molecule has 1 N–H and O–H groups in total. The molecule has 0 aliphatic rings. The summed E-state index contributed by atoms with van der Waals surface area (Å²) in [6.45, 7) is 1.91. The average molecular weight is 427 g/mol. The zero-order valence-corrected chi connectivity index (χ0v) is 18.0. The summed E-state index contributed by atoms with van der Waals surface area (Å²) in [6, 6.07) is 30.7. The summed E-state index contributed by atoms with van der Waals surface area (Å²) in [5.41, 5.74) is 3.15. The van der Waals surface area contributed by atoms with Gasteiger partial charge in [0.15, 0.2) is 0 Å². The van der Waals surface area contributed by atoms with Crippen molar-refractivity contribution >= 4 is 5.97 Å². The topological polar surface area (TPSA) is 64.2 Å². The number of hydrogen-bond donors (Lipinski definition) is 1. The maximum absolute atomic E-state index is 12.3. The largest absolute Gasteiger partial charge is 0.464 e.